The summed E-state index contributed by atoms with van der Waals surface area (Å²) in [4.78, 5) is 13.3. The molecule has 0 saturated heterocycles. The normalized spacial score (nSPS) is 15.8. The molecule has 0 bridgehead atoms. The molecular formula is C20H22N4O5S. The van der Waals surface area contributed by atoms with Crippen molar-refractivity contribution in [2.24, 2.45) is 4.40 Å². The van der Waals surface area contributed by atoms with E-state index in [9.17, 15) is 24.1 Å². The molecule has 0 amide bonds. The summed E-state index contributed by atoms with van der Waals surface area (Å²) in [5, 5.41) is 23.8. The first-order valence-corrected chi connectivity index (χ1v) is 10.9. The van der Waals surface area contributed by atoms with Crippen LogP contribution in [0.4, 0.5) is 5.69 Å². The van der Waals surface area contributed by atoms with Crippen LogP contribution in [0.2, 0.25) is 0 Å². The average Bonchev–Trinajstić information content (AvgIpc) is 2.71. The number of phenolic OH excluding ortho intramolecular Hbond substituents is 1. The average molecular weight is 430 g/mol. The van der Waals surface area contributed by atoms with Gasteiger partial charge in [-0.3, -0.25) is 13.9 Å². The van der Waals surface area contributed by atoms with Crippen LogP contribution < -0.4 is 16.3 Å². The van der Waals surface area contributed by atoms with Crippen LogP contribution in [-0.4, -0.2) is 36.4 Å². The molecule has 1 aliphatic rings. The summed E-state index contributed by atoms with van der Waals surface area (Å²) in [7, 11) is -3.70. The third-order valence-corrected chi connectivity index (χ3v) is 6.19. The summed E-state index contributed by atoms with van der Waals surface area (Å²) >= 11 is 0. The minimum Gasteiger partial charge on any atom is -0.508 e. The zero-order chi connectivity index (χ0) is 21.5. The molecule has 158 valence electrons. The number of aromatic hydroxyl groups is 2. The summed E-state index contributed by atoms with van der Waals surface area (Å²) in [5.74, 6) is -0.620. The lowest BCUT2D eigenvalue weighted by molar-refractivity contribution is 0.467. The van der Waals surface area contributed by atoms with Gasteiger partial charge in [0.25, 0.3) is 5.56 Å². The van der Waals surface area contributed by atoms with E-state index in [4.69, 9.17) is 0 Å². The van der Waals surface area contributed by atoms with Crippen LogP contribution in [0.25, 0.3) is 10.9 Å². The number of rotatable bonds is 5. The van der Waals surface area contributed by atoms with E-state index in [-0.39, 0.29) is 33.5 Å². The Labute approximate surface area is 173 Å². The molecule has 0 saturated carbocycles. The van der Waals surface area contributed by atoms with Gasteiger partial charge in [-0.2, -0.15) is 0 Å². The lowest BCUT2D eigenvalue weighted by Gasteiger charge is -2.34. The van der Waals surface area contributed by atoms with Crippen LogP contribution in [-0.2, 0) is 0 Å². The Hall–Kier alpha value is -3.21. The molecule has 0 aliphatic carbocycles. The molecule has 30 heavy (non-hydrogen) atoms. The molecular weight excluding hydrogens is 408 g/mol. The Balaban J connectivity index is 1.92. The minimum atomic E-state index is -3.70. The van der Waals surface area contributed by atoms with Gasteiger partial charge in [0, 0.05) is 18.0 Å². The molecule has 2 heterocycles. The summed E-state index contributed by atoms with van der Waals surface area (Å²) in [6.45, 7) is 2.58. The van der Waals surface area contributed by atoms with Crippen molar-refractivity contribution in [1.82, 2.24) is 4.68 Å². The fourth-order valence-corrected chi connectivity index (χ4v) is 4.52. The maximum absolute atomic E-state index is 13.3. The van der Waals surface area contributed by atoms with E-state index in [1.807, 2.05) is 6.92 Å². The summed E-state index contributed by atoms with van der Waals surface area (Å²) < 4.78 is 26.3. The molecule has 0 fully saturated rings. The van der Waals surface area contributed by atoms with Crippen molar-refractivity contribution in [2.45, 2.75) is 24.7 Å². The molecule has 2 aromatic carbocycles. The molecule has 0 spiro atoms. The fraction of sp³-hybridized carbons (Fsp3) is 0.200. The number of aromatic nitrogens is 1. The van der Waals surface area contributed by atoms with Crippen molar-refractivity contribution in [3.8, 4) is 11.5 Å². The van der Waals surface area contributed by atoms with E-state index in [0.717, 1.165) is 12.8 Å². The maximum atomic E-state index is 13.3. The highest BCUT2D eigenvalue weighted by molar-refractivity contribution is 8.23. The topological polar surface area (TPSA) is 139 Å². The zero-order valence-corrected chi connectivity index (χ0v) is 17.0. The van der Waals surface area contributed by atoms with Gasteiger partial charge >= 0.3 is 0 Å². The van der Waals surface area contributed by atoms with E-state index < -0.39 is 16.3 Å². The van der Waals surface area contributed by atoms with E-state index in [0.29, 0.717) is 17.4 Å². The molecule has 0 atom stereocenters. The predicted octanol–water partition coefficient (Wildman–Crippen LogP) is 3.65. The summed E-state index contributed by atoms with van der Waals surface area (Å²) in [6, 6.07) is 10.9. The quantitative estimate of drug-likeness (QED) is 0.268. The van der Waals surface area contributed by atoms with Crippen LogP contribution in [0, 0.1) is 0 Å². The molecule has 10 heteroatoms. The lowest BCUT2D eigenvalue weighted by Crippen LogP contribution is -2.36. The first-order valence-electron chi connectivity index (χ1n) is 9.42. The van der Waals surface area contributed by atoms with Crippen molar-refractivity contribution in [2.75, 3.05) is 17.3 Å². The van der Waals surface area contributed by atoms with Gasteiger partial charge in [-0.05, 0) is 30.7 Å². The molecule has 0 radical (unpaired) electrons. The van der Waals surface area contributed by atoms with Gasteiger partial charge in [-0.15, -0.1) is 4.40 Å². The number of nitrogens with zero attached hydrogens (tertiary/aromatic N) is 2. The smallest absolute Gasteiger partial charge is 0.284 e. The zero-order valence-electron chi connectivity index (χ0n) is 16.2. The second-order valence-corrected chi connectivity index (χ2v) is 8.57. The van der Waals surface area contributed by atoms with Crippen LogP contribution in [0.5, 0.6) is 11.5 Å². The second kappa shape index (κ2) is 7.56. The fourth-order valence-electron chi connectivity index (χ4n) is 3.34. The van der Waals surface area contributed by atoms with Gasteiger partial charge < -0.3 is 21.0 Å². The minimum absolute atomic E-state index is 0.00734. The number of nitrogens with one attached hydrogen (secondary N) is 2. The van der Waals surface area contributed by atoms with Crippen molar-refractivity contribution in [1.29, 1.82) is 0 Å². The largest absolute Gasteiger partial charge is 0.508 e. The van der Waals surface area contributed by atoms with Gasteiger partial charge in [0.2, 0.25) is 0 Å². The van der Waals surface area contributed by atoms with Gasteiger partial charge in [0.15, 0.2) is 5.84 Å². The monoisotopic (exact) mass is 430 g/mol. The number of phenols is 1. The van der Waals surface area contributed by atoms with Crippen LogP contribution in [0.3, 0.4) is 0 Å². The van der Waals surface area contributed by atoms with Gasteiger partial charge in [0.05, 0.1) is 11.2 Å². The Morgan fingerprint density at radius 1 is 1.17 bits per heavy atom. The van der Waals surface area contributed by atoms with Crippen LogP contribution in [0.1, 0.15) is 25.3 Å². The Morgan fingerprint density at radius 3 is 2.70 bits per heavy atom. The molecule has 6 N–H and O–H groups in total. The Morgan fingerprint density at radius 2 is 1.93 bits per heavy atom. The van der Waals surface area contributed by atoms with E-state index in [2.05, 4.69) is 15.1 Å². The predicted molar refractivity (Wildman–Crippen MR) is 118 cm³/mol. The maximum Gasteiger partial charge on any atom is 0.284 e. The van der Waals surface area contributed by atoms with Crippen LogP contribution >= 0.6 is 10.8 Å². The van der Waals surface area contributed by atoms with E-state index >= 15 is 0 Å². The van der Waals surface area contributed by atoms with E-state index in [1.165, 1.54) is 22.9 Å². The molecule has 0 unspecified atom stereocenters. The molecule has 3 aromatic rings. The molecule has 9 nitrogen and oxygen atoms in total. The first-order chi connectivity index (χ1) is 14.3. The highest BCUT2D eigenvalue weighted by atomic mass is 32.3. The standard InChI is InChI=1S/C20H22N4O5S/c1-2-3-10-21-24-15-7-5-4-6-13(15)18(26)17(20(24)27)19-22-14-9-8-12(25)11-16(14)30(28,29)23-19/h4-9,11,21,25-26,28-29H,2-3,10H2,1H3,(H,22,23). The number of para-hydroxylation sites is 1. The van der Waals surface area contributed by atoms with E-state index in [1.54, 1.807) is 24.3 Å². The number of unbranched alkanes of at least 4 members (excludes halogenated alkanes) is 1. The number of pyridine rings is 1. The van der Waals surface area contributed by atoms with Crippen molar-refractivity contribution < 1.29 is 19.3 Å². The third kappa shape index (κ3) is 3.34. The van der Waals surface area contributed by atoms with Crippen molar-refractivity contribution in [3.05, 3.63) is 58.4 Å². The number of fused-ring (bicyclic) bond motifs is 2. The number of hydrogen-bond acceptors (Lipinski definition) is 8. The number of amidine groups is 1. The number of hydrogen-bond donors (Lipinski definition) is 6. The lowest BCUT2D eigenvalue weighted by atomic mass is 10.1. The highest BCUT2D eigenvalue weighted by Crippen LogP contribution is 2.56. The molecule has 1 aliphatic heterocycles. The van der Waals surface area contributed by atoms with Gasteiger partial charge in [-0.25, -0.2) is 4.68 Å². The Bertz CT molecular complexity index is 1220. The summed E-state index contributed by atoms with van der Waals surface area (Å²) in [6.07, 6.45) is 1.77. The Kier molecular flexibility index (Phi) is 5.06. The first kappa shape index (κ1) is 20.1. The van der Waals surface area contributed by atoms with Crippen molar-refractivity contribution in [3.63, 3.8) is 0 Å². The SMILES string of the molecule is CCCCNn1c(=O)c(C2=NS(O)(O)c3cc(O)ccc3N2)c(O)c2ccccc21. The van der Waals surface area contributed by atoms with Crippen LogP contribution in [0.15, 0.2) is 56.6 Å². The number of benzene rings is 2. The molecule has 1 aromatic heterocycles. The van der Waals surface area contributed by atoms with Gasteiger partial charge in [-0.1, -0.05) is 36.3 Å². The summed E-state index contributed by atoms with van der Waals surface area (Å²) in [5.41, 5.74) is 3.08. The van der Waals surface area contributed by atoms with Gasteiger partial charge in [0.1, 0.15) is 22.0 Å². The second-order valence-electron chi connectivity index (χ2n) is 6.91. The highest BCUT2D eigenvalue weighted by Gasteiger charge is 2.30. The third-order valence-electron chi connectivity index (χ3n) is 4.82. The van der Waals surface area contributed by atoms with Crippen molar-refractivity contribution >= 4 is 33.2 Å². The molecule has 4 rings (SSSR count). The number of anilines is 1.